The molecule has 0 aromatic heterocycles. The minimum atomic E-state index is 1.07. The van der Waals surface area contributed by atoms with Crippen LogP contribution in [0.3, 0.4) is 0 Å². The number of halogens is 1. The van der Waals surface area contributed by atoms with E-state index in [4.69, 9.17) is 0 Å². The monoisotopic (exact) mass is 226 g/mol. The molecule has 0 spiro atoms. The van der Waals surface area contributed by atoms with Gasteiger partial charge in [0.05, 0.1) is 5.55 Å². The number of hydrazone groups is 1. The summed E-state index contributed by atoms with van der Waals surface area (Å²) in [7, 11) is 0. The average Bonchev–Trinajstić information content (AvgIpc) is 1.69. The van der Waals surface area contributed by atoms with Crippen molar-refractivity contribution < 1.29 is 0 Å². The molecule has 0 amide bonds. The standard InChI is InChI=1S/C3H3IN2S/c4-3-1-7-2-5-6-3/h1-2,6H. The topological polar surface area (TPSA) is 24.4 Å². The maximum absolute atomic E-state index is 3.77. The maximum atomic E-state index is 3.77. The van der Waals surface area contributed by atoms with Gasteiger partial charge in [0.25, 0.3) is 0 Å². The Kier molecular flexibility index (Phi) is 1.99. The van der Waals surface area contributed by atoms with Gasteiger partial charge in [-0.25, -0.2) is 0 Å². The van der Waals surface area contributed by atoms with Crippen molar-refractivity contribution in [2.24, 2.45) is 5.10 Å². The number of hydrogen-bond donors (Lipinski definition) is 1. The lowest BCUT2D eigenvalue weighted by molar-refractivity contribution is 0.972. The van der Waals surface area contributed by atoms with Crippen molar-refractivity contribution >= 4 is 39.9 Å². The quantitative estimate of drug-likeness (QED) is 0.500. The van der Waals surface area contributed by atoms with Crippen LogP contribution in [0.2, 0.25) is 0 Å². The number of thioether (sulfide) groups is 1. The summed E-state index contributed by atoms with van der Waals surface area (Å²) in [5.41, 5.74) is 4.53. The molecule has 0 bridgehead atoms. The molecule has 4 heteroatoms. The van der Waals surface area contributed by atoms with E-state index >= 15 is 0 Å². The van der Waals surface area contributed by atoms with Gasteiger partial charge in [-0.3, -0.25) is 5.43 Å². The van der Waals surface area contributed by atoms with Crippen LogP contribution >= 0.6 is 34.4 Å². The average molecular weight is 226 g/mol. The third kappa shape index (κ3) is 1.68. The van der Waals surface area contributed by atoms with Crippen molar-refractivity contribution in [1.29, 1.82) is 0 Å². The Bertz CT molecular complexity index is 120. The highest BCUT2D eigenvalue weighted by molar-refractivity contribution is 14.1. The molecule has 1 heterocycles. The smallest absolute Gasteiger partial charge is 0.101 e. The Labute approximate surface area is 59.6 Å². The molecule has 0 aromatic carbocycles. The molecule has 1 rings (SSSR count). The van der Waals surface area contributed by atoms with Crippen LogP contribution in [0.15, 0.2) is 14.2 Å². The molecule has 7 heavy (non-hydrogen) atoms. The number of nitrogens with zero attached hydrogens (tertiary/aromatic N) is 1. The van der Waals surface area contributed by atoms with Crippen LogP contribution in [0.5, 0.6) is 0 Å². The molecule has 0 aromatic rings. The molecule has 0 saturated carbocycles. The molecule has 0 atom stereocenters. The van der Waals surface area contributed by atoms with Gasteiger partial charge >= 0.3 is 0 Å². The molecule has 0 saturated heterocycles. The largest absolute Gasteiger partial charge is 0.271 e. The third-order valence-electron chi connectivity index (χ3n) is 0.456. The Hall–Kier alpha value is 0.290. The van der Waals surface area contributed by atoms with Crippen molar-refractivity contribution in [1.82, 2.24) is 5.43 Å². The van der Waals surface area contributed by atoms with Crippen molar-refractivity contribution in [3.8, 4) is 0 Å². The van der Waals surface area contributed by atoms with E-state index in [0.717, 1.165) is 3.70 Å². The molecule has 2 nitrogen and oxygen atoms in total. The fraction of sp³-hybridized carbons (Fsp3) is 0. The summed E-state index contributed by atoms with van der Waals surface area (Å²) >= 11 is 3.75. The van der Waals surface area contributed by atoms with Gasteiger partial charge in [-0.1, -0.05) is 11.8 Å². The molecule has 0 radical (unpaired) electrons. The van der Waals surface area contributed by atoms with Gasteiger partial charge in [-0.05, 0) is 22.6 Å². The lowest BCUT2D eigenvalue weighted by atomic mass is 11.1. The summed E-state index contributed by atoms with van der Waals surface area (Å²) in [6.45, 7) is 0. The Morgan fingerprint density at radius 2 is 2.71 bits per heavy atom. The normalized spacial score (nSPS) is 18.1. The van der Waals surface area contributed by atoms with Gasteiger partial charge in [0, 0.05) is 5.41 Å². The molecule has 0 unspecified atom stereocenters. The van der Waals surface area contributed by atoms with E-state index in [0.29, 0.717) is 0 Å². The van der Waals surface area contributed by atoms with Crippen LogP contribution in [-0.2, 0) is 0 Å². The fourth-order valence-corrected chi connectivity index (χ4v) is 1.16. The van der Waals surface area contributed by atoms with E-state index < -0.39 is 0 Å². The van der Waals surface area contributed by atoms with Gasteiger partial charge in [-0.2, -0.15) is 5.10 Å². The first-order valence-corrected chi connectivity index (χ1v) is 3.70. The van der Waals surface area contributed by atoms with Crippen LogP contribution in [0, 0.1) is 0 Å². The molecule has 1 N–H and O–H groups in total. The van der Waals surface area contributed by atoms with Gasteiger partial charge < -0.3 is 0 Å². The number of rotatable bonds is 0. The molecule has 1 aliphatic heterocycles. The zero-order valence-electron chi connectivity index (χ0n) is 3.39. The third-order valence-corrected chi connectivity index (χ3v) is 2.03. The highest BCUT2D eigenvalue weighted by Gasteiger charge is 1.88. The summed E-state index contributed by atoms with van der Waals surface area (Å²) in [6.07, 6.45) is 0. The second-order valence-electron chi connectivity index (χ2n) is 0.948. The summed E-state index contributed by atoms with van der Waals surface area (Å²) in [5.74, 6) is 0. The van der Waals surface area contributed by atoms with Gasteiger partial charge in [0.2, 0.25) is 0 Å². The van der Waals surface area contributed by atoms with Crippen LogP contribution in [0.1, 0.15) is 0 Å². The predicted octanol–water partition coefficient (Wildman–Crippen LogP) is 1.50. The Morgan fingerprint density at radius 3 is 3.00 bits per heavy atom. The summed E-state index contributed by atoms with van der Waals surface area (Å²) in [4.78, 5) is 0. The van der Waals surface area contributed by atoms with Crippen LogP contribution in [0.4, 0.5) is 0 Å². The van der Waals surface area contributed by atoms with Crippen LogP contribution in [0.25, 0.3) is 0 Å². The van der Waals surface area contributed by atoms with Crippen molar-refractivity contribution in [3.05, 3.63) is 9.11 Å². The minimum Gasteiger partial charge on any atom is -0.271 e. The Balaban J connectivity index is 2.50. The second kappa shape index (κ2) is 2.56. The molecule has 0 aliphatic carbocycles. The second-order valence-corrected chi connectivity index (χ2v) is 2.83. The SMILES string of the molecule is IC1=CSC=NN1. The van der Waals surface area contributed by atoms with Gasteiger partial charge in [0.15, 0.2) is 0 Å². The van der Waals surface area contributed by atoms with Crippen molar-refractivity contribution in [2.45, 2.75) is 0 Å². The molecule has 1 aliphatic rings. The molecular weight excluding hydrogens is 223 g/mol. The summed E-state index contributed by atoms with van der Waals surface area (Å²) in [6, 6.07) is 0. The van der Waals surface area contributed by atoms with E-state index in [9.17, 15) is 0 Å². The maximum Gasteiger partial charge on any atom is 0.101 e. The first-order valence-electron chi connectivity index (χ1n) is 1.68. The van der Waals surface area contributed by atoms with E-state index in [1.165, 1.54) is 0 Å². The highest BCUT2D eigenvalue weighted by Crippen LogP contribution is 2.11. The number of hydrogen-bond acceptors (Lipinski definition) is 3. The van der Waals surface area contributed by atoms with Crippen LogP contribution in [-0.4, -0.2) is 5.55 Å². The van der Waals surface area contributed by atoms with Gasteiger partial charge in [-0.15, -0.1) is 0 Å². The zero-order valence-corrected chi connectivity index (χ0v) is 6.36. The molecule has 0 fully saturated rings. The highest BCUT2D eigenvalue weighted by atomic mass is 127. The van der Waals surface area contributed by atoms with Crippen molar-refractivity contribution in [3.63, 3.8) is 0 Å². The number of nitrogens with one attached hydrogen (secondary N) is 1. The molecular formula is C3H3IN2S. The fourth-order valence-electron chi connectivity index (χ4n) is 0.235. The van der Waals surface area contributed by atoms with E-state index in [-0.39, 0.29) is 0 Å². The van der Waals surface area contributed by atoms with E-state index in [2.05, 4.69) is 33.1 Å². The van der Waals surface area contributed by atoms with Gasteiger partial charge in [0.1, 0.15) is 3.70 Å². The lowest BCUT2D eigenvalue weighted by Crippen LogP contribution is -2.00. The zero-order chi connectivity index (χ0) is 5.11. The minimum absolute atomic E-state index is 1.07. The first kappa shape index (κ1) is 5.43. The van der Waals surface area contributed by atoms with E-state index in [1.54, 1.807) is 17.3 Å². The predicted molar refractivity (Wildman–Crippen MR) is 41.3 cm³/mol. The summed E-state index contributed by atoms with van der Waals surface area (Å²) in [5, 5.41) is 5.76. The van der Waals surface area contributed by atoms with Crippen molar-refractivity contribution in [2.75, 3.05) is 0 Å². The molecule has 38 valence electrons. The first-order chi connectivity index (χ1) is 3.39. The Morgan fingerprint density at radius 1 is 1.86 bits per heavy atom. The summed E-state index contributed by atoms with van der Waals surface area (Å²) < 4.78 is 1.07. The van der Waals surface area contributed by atoms with Crippen LogP contribution < -0.4 is 5.43 Å². The lowest BCUT2D eigenvalue weighted by Gasteiger charge is -1.98. The van der Waals surface area contributed by atoms with E-state index in [1.807, 2.05) is 5.41 Å².